The average molecular weight is 610 g/mol. The van der Waals surface area contributed by atoms with Gasteiger partial charge in [-0.3, -0.25) is 14.5 Å². The molecule has 9 heteroatoms. The summed E-state index contributed by atoms with van der Waals surface area (Å²) in [6, 6.07) is 19.6. The van der Waals surface area contributed by atoms with E-state index in [9.17, 15) is 9.59 Å². The third-order valence-corrected chi connectivity index (χ3v) is 9.95. The van der Waals surface area contributed by atoms with Crippen molar-refractivity contribution in [3.63, 3.8) is 0 Å². The van der Waals surface area contributed by atoms with Crippen LogP contribution in [0.3, 0.4) is 0 Å². The molecule has 42 heavy (non-hydrogen) atoms. The van der Waals surface area contributed by atoms with Crippen LogP contribution in [0.15, 0.2) is 54.6 Å². The van der Waals surface area contributed by atoms with Gasteiger partial charge in [0.2, 0.25) is 6.29 Å². The summed E-state index contributed by atoms with van der Waals surface area (Å²) in [7, 11) is 0. The summed E-state index contributed by atoms with van der Waals surface area (Å²) >= 11 is 3.42. The van der Waals surface area contributed by atoms with Crippen LogP contribution in [0, 0.1) is 6.92 Å². The van der Waals surface area contributed by atoms with Crippen molar-refractivity contribution in [2.75, 3.05) is 32.6 Å². The molecule has 0 N–H and O–H groups in total. The molecule has 0 amide bonds. The summed E-state index contributed by atoms with van der Waals surface area (Å²) in [5, 5.41) is -0.130. The van der Waals surface area contributed by atoms with E-state index in [0.717, 1.165) is 44.8 Å². The maximum absolute atomic E-state index is 11.9. The third kappa shape index (κ3) is 7.82. The van der Waals surface area contributed by atoms with Crippen LogP contribution in [0.1, 0.15) is 53.5 Å². The lowest BCUT2D eigenvalue weighted by molar-refractivity contribution is -0.218. The number of hydrogen-bond acceptors (Lipinski definition) is 9. The highest BCUT2D eigenvalue weighted by Crippen LogP contribution is 2.41. The van der Waals surface area contributed by atoms with E-state index in [-0.39, 0.29) is 11.2 Å². The maximum atomic E-state index is 11.9. The van der Waals surface area contributed by atoms with Crippen molar-refractivity contribution in [2.45, 2.75) is 63.9 Å². The van der Waals surface area contributed by atoms with Crippen molar-refractivity contribution in [2.24, 2.45) is 0 Å². The topological polar surface area (TPSA) is 74.3 Å². The second-order valence-corrected chi connectivity index (χ2v) is 13.1. The first-order valence-electron chi connectivity index (χ1n) is 14.4. The zero-order valence-corrected chi connectivity index (χ0v) is 26.3. The van der Waals surface area contributed by atoms with Gasteiger partial charge in [-0.15, -0.1) is 11.3 Å². The molecule has 0 bridgehead atoms. The minimum absolute atomic E-state index is 0.130. The standard InChI is InChI=1S/C33H39NO6S2/c1-21-8-9-26(32-33(41-4)29(38-22(2)35)19-31(40-32)39-23(3)36)17-27(21)18-28-10-11-30(42-28)25-7-5-6-24(16-25)20-34-12-14-37-15-13-34/h5-11,16-17,29,31-33H,12-15,18-20H2,1-4H3/t29-,31-,32?,33+/m0/s1. The lowest BCUT2D eigenvalue weighted by Crippen LogP contribution is -2.45. The smallest absolute Gasteiger partial charge is 0.304 e. The highest BCUT2D eigenvalue weighted by Gasteiger charge is 2.42. The summed E-state index contributed by atoms with van der Waals surface area (Å²) < 4.78 is 22.9. The molecule has 4 atom stereocenters. The number of carbonyl (C=O) groups is 2. The maximum Gasteiger partial charge on any atom is 0.304 e. The summed E-state index contributed by atoms with van der Waals surface area (Å²) in [6.07, 6.45) is 1.51. The Bertz CT molecular complexity index is 1380. The number of thiophene rings is 1. The van der Waals surface area contributed by atoms with Crippen molar-refractivity contribution in [1.82, 2.24) is 4.90 Å². The highest BCUT2D eigenvalue weighted by molar-refractivity contribution is 7.99. The predicted molar refractivity (Wildman–Crippen MR) is 167 cm³/mol. The van der Waals surface area contributed by atoms with E-state index in [4.69, 9.17) is 18.9 Å². The van der Waals surface area contributed by atoms with Gasteiger partial charge in [0.05, 0.1) is 18.5 Å². The third-order valence-electron chi connectivity index (χ3n) is 7.72. The lowest BCUT2D eigenvalue weighted by atomic mass is 9.93. The Balaban J connectivity index is 1.34. The molecule has 2 saturated heterocycles. The summed E-state index contributed by atoms with van der Waals surface area (Å²) in [4.78, 5) is 28.6. The molecule has 5 rings (SSSR count). The quantitative estimate of drug-likeness (QED) is 0.267. The van der Waals surface area contributed by atoms with Gasteiger partial charge in [-0.2, -0.15) is 11.8 Å². The number of esters is 2. The second kappa shape index (κ2) is 14.2. The molecule has 2 fully saturated rings. The van der Waals surface area contributed by atoms with Crippen LogP contribution in [-0.2, 0) is 41.5 Å². The van der Waals surface area contributed by atoms with Gasteiger partial charge in [0.25, 0.3) is 0 Å². The summed E-state index contributed by atoms with van der Waals surface area (Å²) in [5.41, 5.74) is 5.96. The number of hydrogen-bond donors (Lipinski definition) is 0. The van der Waals surface area contributed by atoms with Crippen LogP contribution in [0.25, 0.3) is 10.4 Å². The molecule has 0 aliphatic carbocycles. The number of morpholine rings is 1. The fraction of sp³-hybridized carbons (Fsp3) is 0.455. The number of thioether (sulfide) groups is 1. The van der Waals surface area contributed by atoms with E-state index < -0.39 is 24.5 Å². The van der Waals surface area contributed by atoms with Crippen molar-refractivity contribution >= 4 is 35.0 Å². The molecule has 7 nitrogen and oxygen atoms in total. The van der Waals surface area contributed by atoms with Gasteiger partial charge in [0.1, 0.15) is 12.2 Å². The molecule has 0 saturated carbocycles. The Kier molecular flexibility index (Phi) is 10.4. The van der Waals surface area contributed by atoms with Crippen molar-refractivity contribution in [3.05, 3.63) is 81.7 Å². The fourth-order valence-corrected chi connectivity index (χ4v) is 7.63. The molecular weight excluding hydrogens is 570 g/mol. The van der Waals surface area contributed by atoms with Gasteiger partial charge < -0.3 is 18.9 Å². The number of nitrogens with zero attached hydrogens (tertiary/aromatic N) is 1. The first-order chi connectivity index (χ1) is 20.3. The minimum Gasteiger partial charge on any atom is -0.461 e. The van der Waals surface area contributed by atoms with Crippen LogP contribution in [0.5, 0.6) is 0 Å². The molecule has 224 valence electrons. The summed E-state index contributed by atoms with van der Waals surface area (Å²) in [5.74, 6) is -0.779. The number of rotatable bonds is 9. The zero-order chi connectivity index (χ0) is 29.6. The molecule has 2 aliphatic rings. The van der Waals surface area contributed by atoms with Crippen molar-refractivity contribution in [3.8, 4) is 10.4 Å². The van der Waals surface area contributed by atoms with Crippen molar-refractivity contribution in [1.29, 1.82) is 0 Å². The number of benzene rings is 2. The van der Waals surface area contributed by atoms with E-state index in [1.807, 2.05) is 17.6 Å². The van der Waals surface area contributed by atoms with E-state index >= 15 is 0 Å². The van der Waals surface area contributed by atoms with Crippen LogP contribution < -0.4 is 0 Å². The van der Waals surface area contributed by atoms with Gasteiger partial charge in [0, 0.05) is 56.1 Å². The lowest BCUT2D eigenvalue weighted by Gasteiger charge is -2.40. The predicted octanol–water partition coefficient (Wildman–Crippen LogP) is 6.16. The molecule has 2 aromatic carbocycles. The second-order valence-electron chi connectivity index (χ2n) is 10.9. The Labute approximate surface area is 256 Å². The van der Waals surface area contributed by atoms with Gasteiger partial charge in [0.15, 0.2) is 0 Å². The van der Waals surface area contributed by atoms with E-state index in [0.29, 0.717) is 6.42 Å². The van der Waals surface area contributed by atoms with Crippen LogP contribution in [0.2, 0.25) is 0 Å². The van der Waals surface area contributed by atoms with Crippen molar-refractivity contribution < 1.29 is 28.5 Å². The molecule has 2 aliphatic heterocycles. The first kappa shape index (κ1) is 30.8. The molecule has 0 spiro atoms. The molecule has 0 radical (unpaired) electrons. The van der Waals surface area contributed by atoms with Gasteiger partial charge in [-0.1, -0.05) is 36.4 Å². The first-order valence-corrected chi connectivity index (χ1v) is 16.5. The SMILES string of the molecule is CS[C@H]1C(c2ccc(C)c(Cc3ccc(-c4cccc(CN5CCOCC5)c4)s3)c2)O[C@H](OC(C)=O)C[C@@H]1OC(C)=O. The summed E-state index contributed by atoms with van der Waals surface area (Å²) in [6.45, 7) is 9.40. The molecular formula is C33H39NO6S2. The molecule has 1 unspecified atom stereocenters. The van der Waals surface area contributed by atoms with E-state index in [1.165, 1.54) is 45.9 Å². The Morgan fingerprint density at radius 2 is 1.81 bits per heavy atom. The molecule has 1 aromatic heterocycles. The van der Waals surface area contributed by atoms with E-state index in [2.05, 4.69) is 66.4 Å². The Morgan fingerprint density at radius 1 is 1.02 bits per heavy atom. The van der Waals surface area contributed by atoms with Gasteiger partial charge in [-0.25, -0.2) is 0 Å². The normalized spacial score (nSPS) is 23.0. The fourth-order valence-electron chi connectivity index (χ4n) is 5.66. The average Bonchev–Trinajstić information content (AvgIpc) is 3.43. The van der Waals surface area contributed by atoms with Crippen LogP contribution in [-0.4, -0.2) is 67.0 Å². The molecule has 3 aromatic rings. The van der Waals surface area contributed by atoms with E-state index in [1.54, 1.807) is 11.8 Å². The monoisotopic (exact) mass is 609 g/mol. The number of aryl methyl sites for hydroxylation is 1. The zero-order valence-electron chi connectivity index (χ0n) is 24.7. The Morgan fingerprint density at radius 3 is 2.55 bits per heavy atom. The number of carbonyl (C=O) groups excluding carboxylic acids is 2. The van der Waals surface area contributed by atoms with Crippen LogP contribution in [0.4, 0.5) is 0 Å². The largest absolute Gasteiger partial charge is 0.461 e. The minimum atomic E-state index is -0.774. The number of ether oxygens (including phenoxy) is 4. The highest BCUT2D eigenvalue weighted by atomic mass is 32.2. The van der Waals surface area contributed by atoms with Gasteiger partial charge in [-0.05, 0) is 59.2 Å². The van der Waals surface area contributed by atoms with Gasteiger partial charge >= 0.3 is 11.9 Å². The molecule has 3 heterocycles. The van der Waals surface area contributed by atoms with Crippen LogP contribution >= 0.6 is 23.1 Å². The Hall–Kier alpha value is -2.69.